The molecule has 4 aromatic carbocycles. The number of non-ortho nitro benzene ring substituents is 1. The van der Waals surface area contributed by atoms with Crippen LogP contribution in [0.5, 0.6) is 0 Å². The highest BCUT2D eigenvalue weighted by Gasteiger charge is 2.33. The monoisotopic (exact) mass is 409 g/mol. The number of rotatable bonds is 3. The highest BCUT2D eigenvalue weighted by Crippen LogP contribution is 2.40. The standard InChI is InChI=1S/C25H19N3O3/c1-16(29)27-24(15-23(26-27)17-10-12-20(13-11-17)28(30)31)25-21-8-4-2-6-18(21)14-19-7-3-5-9-22(19)25/h2-14,24H,15H2,1H3. The smallest absolute Gasteiger partial charge is 0.269 e. The van der Waals surface area contributed by atoms with Crippen molar-refractivity contribution in [2.24, 2.45) is 5.10 Å². The number of nitrogens with zero attached hydrogens (tertiary/aromatic N) is 3. The van der Waals surface area contributed by atoms with E-state index in [4.69, 9.17) is 0 Å². The van der Waals surface area contributed by atoms with Gasteiger partial charge in [0.25, 0.3) is 5.69 Å². The Morgan fingerprint density at radius 1 is 0.968 bits per heavy atom. The summed E-state index contributed by atoms with van der Waals surface area (Å²) in [5.41, 5.74) is 2.63. The second-order valence-corrected chi connectivity index (χ2v) is 7.67. The summed E-state index contributed by atoms with van der Waals surface area (Å²) in [4.78, 5) is 23.1. The number of carbonyl (C=O) groups is 1. The number of hydrogen-bond donors (Lipinski definition) is 0. The highest BCUT2D eigenvalue weighted by molar-refractivity contribution is 6.07. The minimum atomic E-state index is -0.423. The molecule has 1 unspecified atom stereocenters. The maximum absolute atomic E-state index is 12.6. The molecule has 4 aromatic rings. The Labute approximate surface area is 178 Å². The molecule has 0 saturated carbocycles. The zero-order valence-corrected chi connectivity index (χ0v) is 16.9. The van der Waals surface area contributed by atoms with Gasteiger partial charge in [-0.25, -0.2) is 5.01 Å². The van der Waals surface area contributed by atoms with Crippen LogP contribution in [-0.4, -0.2) is 21.6 Å². The number of fused-ring (bicyclic) bond motifs is 2. The van der Waals surface area contributed by atoms with Crippen molar-refractivity contribution in [2.75, 3.05) is 0 Å². The van der Waals surface area contributed by atoms with Crippen LogP contribution in [-0.2, 0) is 4.79 Å². The first-order valence-electron chi connectivity index (χ1n) is 10.1. The molecule has 6 heteroatoms. The molecule has 1 aliphatic heterocycles. The molecule has 152 valence electrons. The molecule has 0 bridgehead atoms. The number of nitro groups is 1. The van der Waals surface area contributed by atoms with E-state index in [1.165, 1.54) is 19.1 Å². The van der Waals surface area contributed by atoms with Gasteiger partial charge < -0.3 is 0 Å². The third kappa shape index (κ3) is 3.22. The summed E-state index contributed by atoms with van der Waals surface area (Å²) >= 11 is 0. The fraction of sp³-hybridized carbons (Fsp3) is 0.120. The quantitative estimate of drug-likeness (QED) is 0.251. The highest BCUT2D eigenvalue weighted by atomic mass is 16.6. The number of carbonyl (C=O) groups excluding carboxylic acids is 1. The van der Waals surface area contributed by atoms with Crippen LogP contribution in [0.25, 0.3) is 21.5 Å². The molecule has 0 spiro atoms. The predicted molar refractivity (Wildman–Crippen MR) is 121 cm³/mol. The van der Waals surface area contributed by atoms with Crippen LogP contribution >= 0.6 is 0 Å². The van der Waals surface area contributed by atoms with E-state index in [-0.39, 0.29) is 17.6 Å². The molecule has 0 aliphatic carbocycles. The van der Waals surface area contributed by atoms with E-state index >= 15 is 0 Å². The summed E-state index contributed by atoms with van der Waals surface area (Å²) in [7, 11) is 0. The summed E-state index contributed by atoms with van der Waals surface area (Å²) in [5, 5.41) is 21.6. The first kappa shape index (κ1) is 18.9. The lowest BCUT2D eigenvalue weighted by molar-refractivity contribution is -0.384. The Kier molecular flexibility index (Phi) is 4.47. The van der Waals surface area contributed by atoms with E-state index in [2.05, 4.69) is 35.4 Å². The van der Waals surface area contributed by atoms with Gasteiger partial charge in [0.2, 0.25) is 5.91 Å². The minimum Gasteiger partial charge on any atom is -0.273 e. The van der Waals surface area contributed by atoms with Gasteiger partial charge in [-0.3, -0.25) is 14.9 Å². The van der Waals surface area contributed by atoms with Crippen molar-refractivity contribution in [1.29, 1.82) is 0 Å². The second-order valence-electron chi connectivity index (χ2n) is 7.67. The van der Waals surface area contributed by atoms with E-state index in [1.54, 1.807) is 17.1 Å². The molecule has 6 nitrogen and oxygen atoms in total. The summed E-state index contributed by atoms with van der Waals surface area (Å²) < 4.78 is 0. The fourth-order valence-electron chi connectivity index (χ4n) is 4.38. The van der Waals surface area contributed by atoms with Crippen LogP contribution in [0.3, 0.4) is 0 Å². The molecule has 5 rings (SSSR count). The number of amides is 1. The van der Waals surface area contributed by atoms with Crippen LogP contribution in [0, 0.1) is 10.1 Å². The van der Waals surface area contributed by atoms with Gasteiger partial charge in [-0.05, 0) is 50.9 Å². The lowest BCUT2D eigenvalue weighted by Gasteiger charge is -2.24. The molecular weight excluding hydrogens is 390 g/mol. The summed E-state index contributed by atoms with van der Waals surface area (Å²) in [5.74, 6) is -0.140. The first-order valence-corrected chi connectivity index (χ1v) is 10.1. The molecule has 1 atom stereocenters. The molecule has 0 saturated heterocycles. The van der Waals surface area contributed by atoms with Gasteiger partial charge in [0.15, 0.2) is 0 Å². The van der Waals surface area contributed by atoms with Gasteiger partial charge in [-0.2, -0.15) is 5.10 Å². The van der Waals surface area contributed by atoms with Crippen molar-refractivity contribution in [3.63, 3.8) is 0 Å². The van der Waals surface area contributed by atoms with Crippen molar-refractivity contribution in [3.05, 3.63) is 100 Å². The average molecular weight is 409 g/mol. The van der Waals surface area contributed by atoms with Crippen LogP contribution in [0.1, 0.15) is 30.5 Å². The molecule has 1 aliphatic rings. The largest absolute Gasteiger partial charge is 0.273 e. The van der Waals surface area contributed by atoms with Crippen LogP contribution in [0.4, 0.5) is 5.69 Å². The third-order valence-corrected chi connectivity index (χ3v) is 5.79. The van der Waals surface area contributed by atoms with Crippen molar-refractivity contribution < 1.29 is 9.72 Å². The third-order valence-electron chi connectivity index (χ3n) is 5.79. The average Bonchev–Trinajstić information content (AvgIpc) is 3.23. The van der Waals surface area contributed by atoms with Gasteiger partial charge in [0, 0.05) is 25.5 Å². The number of hydrogen-bond acceptors (Lipinski definition) is 4. The molecular formula is C25H19N3O3. The predicted octanol–water partition coefficient (Wildman–Crippen LogP) is 5.60. The zero-order chi connectivity index (χ0) is 21.5. The SMILES string of the molecule is CC(=O)N1N=C(c2ccc([N+](=O)[O-])cc2)CC1c1c2ccccc2cc2ccccc12. The Balaban J connectivity index is 1.66. The lowest BCUT2D eigenvalue weighted by Crippen LogP contribution is -2.24. The van der Waals surface area contributed by atoms with Gasteiger partial charge in [0.05, 0.1) is 16.7 Å². The van der Waals surface area contributed by atoms with E-state index in [0.29, 0.717) is 6.42 Å². The van der Waals surface area contributed by atoms with Gasteiger partial charge in [-0.15, -0.1) is 0 Å². The van der Waals surface area contributed by atoms with Crippen molar-refractivity contribution in [2.45, 2.75) is 19.4 Å². The Bertz CT molecular complexity index is 1320. The van der Waals surface area contributed by atoms with Gasteiger partial charge in [-0.1, -0.05) is 48.5 Å². The molecule has 1 amide bonds. The molecule has 1 heterocycles. The topological polar surface area (TPSA) is 75.8 Å². The van der Waals surface area contributed by atoms with E-state index in [1.807, 2.05) is 24.3 Å². The second kappa shape index (κ2) is 7.32. The van der Waals surface area contributed by atoms with Gasteiger partial charge in [0.1, 0.15) is 0 Å². The Morgan fingerprint density at radius 2 is 1.55 bits per heavy atom. The molecule has 0 aromatic heterocycles. The van der Waals surface area contributed by atoms with E-state index < -0.39 is 4.92 Å². The maximum atomic E-state index is 12.6. The lowest BCUT2D eigenvalue weighted by atomic mass is 9.89. The van der Waals surface area contributed by atoms with E-state index in [0.717, 1.165) is 38.4 Å². The van der Waals surface area contributed by atoms with Crippen molar-refractivity contribution >= 4 is 38.9 Å². The zero-order valence-electron chi connectivity index (χ0n) is 16.9. The summed E-state index contributed by atoms with van der Waals surface area (Å²) in [6, 6.07) is 24.6. The number of benzene rings is 4. The molecule has 0 fully saturated rings. The van der Waals surface area contributed by atoms with Crippen LogP contribution in [0.15, 0.2) is 84.0 Å². The van der Waals surface area contributed by atoms with Crippen LogP contribution in [0.2, 0.25) is 0 Å². The van der Waals surface area contributed by atoms with Crippen LogP contribution < -0.4 is 0 Å². The molecule has 31 heavy (non-hydrogen) atoms. The summed E-state index contributed by atoms with van der Waals surface area (Å²) in [6.45, 7) is 1.52. The maximum Gasteiger partial charge on any atom is 0.269 e. The van der Waals surface area contributed by atoms with E-state index in [9.17, 15) is 14.9 Å². The van der Waals surface area contributed by atoms with Crippen molar-refractivity contribution in [3.8, 4) is 0 Å². The number of nitro benzene ring substituents is 1. The fourth-order valence-corrected chi connectivity index (χ4v) is 4.38. The number of hydrazone groups is 1. The normalized spacial score (nSPS) is 16.0. The summed E-state index contributed by atoms with van der Waals surface area (Å²) in [6.07, 6.45) is 0.537. The molecule has 0 radical (unpaired) electrons. The first-order chi connectivity index (χ1) is 15.0. The minimum absolute atomic E-state index is 0.0300. The molecule has 0 N–H and O–H groups in total. The Morgan fingerprint density at radius 3 is 2.10 bits per heavy atom. The van der Waals surface area contributed by atoms with Gasteiger partial charge >= 0.3 is 0 Å². The van der Waals surface area contributed by atoms with Crippen molar-refractivity contribution in [1.82, 2.24) is 5.01 Å². The Hall–Kier alpha value is -4.06.